The predicted molar refractivity (Wildman–Crippen MR) is 84.1 cm³/mol. The van der Waals surface area contributed by atoms with Crippen LogP contribution in [-0.4, -0.2) is 7.11 Å². The first kappa shape index (κ1) is 13.0. The van der Waals surface area contributed by atoms with Crippen molar-refractivity contribution in [2.24, 2.45) is 5.92 Å². The van der Waals surface area contributed by atoms with Crippen molar-refractivity contribution in [1.82, 2.24) is 0 Å². The summed E-state index contributed by atoms with van der Waals surface area (Å²) >= 11 is 5.43. The molecule has 0 saturated heterocycles. The maximum absolute atomic E-state index is 5.30. The van der Waals surface area contributed by atoms with Crippen molar-refractivity contribution in [3.63, 3.8) is 0 Å². The lowest BCUT2D eigenvalue weighted by molar-refractivity contribution is 0.415. The molecule has 0 bridgehead atoms. The number of ether oxygens (including phenoxy) is 1. The lowest BCUT2D eigenvalue weighted by Crippen LogP contribution is -2.11. The minimum Gasteiger partial charge on any atom is -0.497 e. The first-order valence-corrected chi connectivity index (χ1v) is 8.08. The Morgan fingerprint density at radius 2 is 2.21 bits per heavy atom. The normalized spacial score (nSPS) is 16.1. The number of hydrogen-bond donors (Lipinski definition) is 1. The van der Waals surface area contributed by atoms with Gasteiger partial charge < -0.3 is 10.1 Å². The SMILES string of the molecule is COc1ccc(Br)c(NC(c2cccs2)C2CC2)c1. The fourth-order valence-corrected chi connectivity index (χ4v) is 3.46. The van der Waals surface area contributed by atoms with Gasteiger partial charge in [-0.15, -0.1) is 11.3 Å². The zero-order chi connectivity index (χ0) is 13.2. The van der Waals surface area contributed by atoms with Crippen LogP contribution in [0.1, 0.15) is 23.8 Å². The lowest BCUT2D eigenvalue weighted by atomic mass is 10.1. The molecule has 2 nitrogen and oxygen atoms in total. The molecule has 1 aliphatic rings. The summed E-state index contributed by atoms with van der Waals surface area (Å²) < 4.78 is 6.38. The van der Waals surface area contributed by atoms with E-state index in [0.717, 1.165) is 21.8 Å². The summed E-state index contributed by atoms with van der Waals surface area (Å²) in [6.07, 6.45) is 2.63. The van der Waals surface area contributed by atoms with Crippen LogP contribution >= 0.6 is 27.3 Å². The van der Waals surface area contributed by atoms with Gasteiger partial charge in [0.2, 0.25) is 0 Å². The van der Waals surface area contributed by atoms with Gasteiger partial charge in [0.25, 0.3) is 0 Å². The van der Waals surface area contributed by atoms with Crippen molar-refractivity contribution >= 4 is 33.0 Å². The summed E-state index contributed by atoms with van der Waals surface area (Å²) in [6.45, 7) is 0. The molecule has 1 saturated carbocycles. The number of rotatable bonds is 5. The minimum absolute atomic E-state index is 0.420. The van der Waals surface area contributed by atoms with Crippen LogP contribution in [-0.2, 0) is 0 Å². The molecule has 1 heterocycles. The van der Waals surface area contributed by atoms with Crippen LogP contribution in [0.4, 0.5) is 5.69 Å². The van der Waals surface area contributed by atoms with Crippen LogP contribution in [0.5, 0.6) is 5.75 Å². The van der Waals surface area contributed by atoms with E-state index in [1.165, 1.54) is 17.7 Å². The van der Waals surface area contributed by atoms with Gasteiger partial charge >= 0.3 is 0 Å². The Kier molecular flexibility index (Phi) is 3.80. The third kappa shape index (κ3) is 2.95. The summed E-state index contributed by atoms with van der Waals surface area (Å²) in [7, 11) is 1.70. The van der Waals surface area contributed by atoms with Crippen LogP contribution in [0.3, 0.4) is 0 Å². The van der Waals surface area contributed by atoms with Crippen LogP contribution < -0.4 is 10.1 Å². The molecule has 0 spiro atoms. The van der Waals surface area contributed by atoms with Crippen molar-refractivity contribution in [3.8, 4) is 5.75 Å². The van der Waals surface area contributed by atoms with E-state index in [2.05, 4.69) is 38.8 Å². The van der Waals surface area contributed by atoms with E-state index >= 15 is 0 Å². The van der Waals surface area contributed by atoms with Crippen LogP contribution in [0, 0.1) is 5.92 Å². The second-order valence-corrected chi connectivity index (χ2v) is 6.65. The Bertz CT molecular complexity index is 551. The summed E-state index contributed by atoms with van der Waals surface area (Å²) in [6, 6.07) is 10.8. The second-order valence-electron chi connectivity index (χ2n) is 4.82. The lowest BCUT2D eigenvalue weighted by Gasteiger charge is -2.19. The van der Waals surface area contributed by atoms with Gasteiger partial charge in [0.1, 0.15) is 5.75 Å². The molecule has 19 heavy (non-hydrogen) atoms. The molecular formula is C15H16BrNOS. The third-order valence-electron chi connectivity index (χ3n) is 3.43. The van der Waals surface area contributed by atoms with Crippen LogP contribution in [0.15, 0.2) is 40.2 Å². The van der Waals surface area contributed by atoms with Crippen molar-refractivity contribution in [2.45, 2.75) is 18.9 Å². The quantitative estimate of drug-likeness (QED) is 0.821. The number of nitrogens with one attached hydrogen (secondary N) is 1. The zero-order valence-electron chi connectivity index (χ0n) is 10.7. The topological polar surface area (TPSA) is 21.3 Å². The first-order valence-electron chi connectivity index (χ1n) is 6.41. The van der Waals surface area contributed by atoms with Crippen LogP contribution in [0.25, 0.3) is 0 Å². The Labute approximate surface area is 125 Å². The van der Waals surface area contributed by atoms with Gasteiger partial charge in [-0.1, -0.05) is 6.07 Å². The Morgan fingerprint density at radius 3 is 2.84 bits per heavy atom. The molecule has 1 atom stereocenters. The standard InChI is InChI=1S/C15H16BrNOS/c1-18-11-6-7-12(16)13(9-11)17-15(10-4-5-10)14-3-2-8-19-14/h2-3,6-10,15,17H,4-5H2,1H3. The summed E-state index contributed by atoms with van der Waals surface area (Å²) in [4.78, 5) is 1.41. The van der Waals surface area contributed by atoms with Gasteiger partial charge in [-0.25, -0.2) is 0 Å². The number of halogens is 1. The van der Waals surface area contributed by atoms with E-state index in [4.69, 9.17) is 4.74 Å². The average molecular weight is 338 g/mol. The number of hydrogen-bond acceptors (Lipinski definition) is 3. The monoisotopic (exact) mass is 337 g/mol. The number of anilines is 1. The van der Waals surface area contributed by atoms with Gasteiger partial charge in [0.05, 0.1) is 18.8 Å². The van der Waals surface area contributed by atoms with E-state index in [9.17, 15) is 0 Å². The Balaban J connectivity index is 1.86. The summed E-state index contributed by atoms with van der Waals surface area (Å²) in [5, 5.41) is 5.82. The molecular weight excluding hydrogens is 322 g/mol. The first-order chi connectivity index (χ1) is 9.28. The van der Waals surface area contributed by atoms with Crippen molar-refractivity contribution < 1.29 is 4.74 Å². The van der Waals surface area contributed by atoms with E-state index < -0.39 is 0 Å². The van der Waals surface area contributed by atoms with E-state index in [1.54, 1.807) is 7.11 Å². The molecule has 1 N–H and O–H groups in total. The molecule has 0 radical (unpaired) electrons. The highest BCUT2D eigenvalue weighted by Crippen LogP contribution is 2.45. The molecule has 0 amide bonds. The summed E-state index contributed by atoms with van der Waals surface area (Å²) in [5.41, 5.74) is 1.10. The molecule has 3 rings (SSSR count). The minimum atomic E-state index is 0.420. The molecule has 1 aliphatic carbocycles. The highest BCUT2D eigenvalue weighted by atomic mass is 79.9. The molecule has 1 fully saturated rings. The van der Waals surface area contributed by atoms with Crippen LogP contribution in [0.2, 0.25) is 0 Å². The number of benzene rings is 1. The smallest absolute Gasteiger partial charge is 0.121 e. The number of methoxy groups -OCH3 is 1. The predicted octanol–water partition coefficient (Wildman–Crippen LogP) is 5.08. The fraction of sp³-hybridized carbons (Fsp3) is 0.333. The van der Waals surface area contributed by atoms with Crippen molar-refractivity contribution in [1.29, 1.82) is 0 Å². The van der Waals surface area contributed by atoms with Crippen molar-refractivity contribution in [2.75, 3.05) is 12.4 Å². The Morgan fingerprint density at radius 1 is 1.37 bits per heavy atom. The maximum atomic E-state index is 5.30. The van der Waals surface area contributed by atoms with E-state index in [-0.39, 0.29) is 0 Å². The molecule has 0 aliphatic heterocycles. The van der Waals surface area contributed by atoms with Gasteiger partial charge in [-0.3, -0.25) is 0 Å². The van der Waals surface area contributed by atoms with Gasteiger partial charge in [0, 0.05) is 15.4 Å². The summed E-state index contributed by atoms with van der Waals surface area (Å²) in [5.74, 6) is 1.64. The molecule has 1 unspecified atom stereocenters. The molecule has 1 aromatic heterocycles. The highest BCUT2D eigenvalue weighted by Gasteiger charge is 2.33. The average Bonchev–Trinajstić information content (AvgIpc) is 3.12. The van der Waals surface area contributed by atoms with Crippen molar-refractivity contribution in [3.05, 3.63) is 45.1 Å². The molecule has 1 aromatic carbocycles. The molecule has 4 heteroatoms. The van der Waals surface area contributed by atoms with Gasteiger partial charge in [-0.05, 0) is 58.3 Å². The third-order valence-corrected chi connectivity index (χ3v) is 5.07. The zero-order valence-corrected chi connectivity index (χ0v) is 13.1. The van der Waals surface area contributed by atoms with Gasteiger partial charge in [0.15, 0.2) is 0 Å². The maximum Gasteiger partial charge on any atom is 0.121 e. The second kappa shape index (κ2) is 5.55. The Hall–Kier alpha value is -1.00. The molecule has 100 valence electrons. The number of thiophene rings is 1. The fourth-order valence-electron chi connectivity index (χ4n) is 2.23. The highest BCUT2D eigenvalue weighted by molar-refractivity contribution is 9.10. The largest absolute Gasteiger partial charge is 0.497 e. The van der Waals surface area contributed by atoms with E-state index in [0.29, 0.717) is 6.04 Å². The van der Waals surface area contributed by atoms with E-state index in [1.807, 2.05) is 29.5 Å². The molecule has 2 aromatic rings. The van der Waals surface area contributed by atoms with Gasteiger partial charge in [-0.2, -0.15) is 0 Å².